The zero-order valence-corrected chi connectivity index (χ0v) is 15.9. The Hall–Kier alpha value is -3.32. The van der Waals surface area contributed by atoms with Crippen LogP contribution < -0.4 is 10.6 Å². The van der Waals surface area contributed by atoms with Crippen molar-refractivity contribution >= 4 is 28.4 Å². The van der Waals surface area contributed by atoms with Gasteiger partial charge in [-0.15, -0.1) is 0 Å². The van der Waals surface area contributed by atoms with E-state index in [1.165, 1.54) is 0 Å². The van der Waals surface area contributed by atoms with Crippen molar-refractivity contribution < 1.29 is 14.3 Å². The van der Waals surface area contributed by atoms with Gasteiger partial charge in [0.15, 0.2) is 5.69 Å². The van der Waals surface area contributed by atoms with E-state index in [0.717, 1.165) is 37.0 Å². The minimum absolute atomic E-state index is 0.200. The van der Waals surface area contributed by atoms with Crippen LogP contribution in [-0.2, 0) is 4.74 Å². The molecule has 29 heavy (non-hydrogen) atoms. The van der Waals surface area contributed by atoms with Crippen LogP contribution in [0.5, 0.6) is 0 Å². The summed E-state index contributed by atoms with van der Waals surface area (Å²) in [4.78, 5) is 34.0. The Balaban J connectivity index is 1.50. The standard InChI is InChI=1S/C22H22N4O3/c27-21(17-7-11-23-18-5-2-1-4-16(17)18)26-19-6-3-10-24-20(19)22(28)25-14-15-8-12-29-13-9-15/h1-7,10-11,15H,8-9,12-14H2,(H,25,28)(H,26,27). The Bertz CT molecular complexity index is 1030. The number of nitrogens with zero attached hydrogens (tertiary/aromatic N) is 2. The van der Waals surface area contributed by atoms with Crippen LogP contribution in [0.25, 0.3) is 10.9 Å². The van der Waals surface area contributed by atoms with Crippen LogP contribution >= 0.6 is 0 Å². The van der Waals surface area contributed by atoms with Gasteiger partial charge < -0.3 is 15.4 Å². The molecule has 0 saturated carbocycles. The Morgan fingerprint density at radius 3 is 2.66 bits per heavy atom. The number of nitrogens with one attached hydrogen (secondary N) is 2. The Labute approximate surface area is 168 Å². The average Bonchev–Trinajstić information content (AvgIpc) is 2.78. The van der Waals surface area contributed by atoms with Gasteiger partial charge in [-0.1, -0.05) is 18.2 Å². The van der Waals surface area contributed by atoms with E-state index >= 15 is 0 Å². The fourth-order valence-electron chi connectivity index (χ4n) is 3.44. The highest BCUT2D eigenvalue weighted by Gasteiger charge is 2.19. The van der Waals surface area contributed by atoms with Crippen LogP contribution in [0, 0.1) is 5.92 Å². The van der Waals surface area contributed by atoms with Gasteiger partial charge in [-0.25, -0.2) is 4.98 Å². The summed E-state index contributed by atoms with van der Waals surface area (Å²) >= 11 is 0. The molecule has 1 aliphatic rings. The monoisotopic (exact) mass is 390 g/mol. The van der Waals surface area contributed by atoms with Crippen LogP contribution in [-0.4, -0.2) is 41.5 Å². The molecule has 0 spiro atoms. The molecule has 1 fully saturated rings. The normalized spacial score (nSPS) is 14.5. The molecule has 0 bridgehead atoms. The molecule has 2 N–H and O–H groups in total. The van der Waals surface area contributed by atoms with E-state index in [0.29, 0.717) is 23.7 Å². The van der Waals surface area contributed by atoms with Crippen LogP contribution in [0.2, 0.25) is 0 Å². The number of benzene rings is 1. The fraction of sp³-hybridized carbons (Fsp3) is 0.273. The maximum absolute atomic E-state index is 12.9. The first kappa shape index (κ1) is 19.0. The molecular weight excluding hydrogens is 368 g/mol. The van der Waals surface area contributed by atoms with E-state index in [9.17, 15) is 9.59 Å². The second kappa shape index (κ2) is 8.79. The minimum atomic E-state index is -0.310. The van der Waals surface area contributed by atoms with E-state index in [2.05, 4.69) is 20.6 Å². The maximum Gasteiger partial charge on any atom is 0.272 e. The predicted octanol–water partition coefficient (Wildman–Crippen LogP) is 3.04. The second-order valence-corrected chi connectivity index (χ2v) is 7.00. The van der Waals surface area contributed by atoms with Gasteiger partial charge in [0.2, 0.25) is 0 Å². The number of para-hydroxylation sites is 1. The summed E-state index contributed by atoms with van der Waals surface area (Å²) in [7, 11) is 0. The highest BCUT2D eigenvalue weighted by molar-refractivity contribution is 6.14. The lowest BCUT2D eigenvalue weighted by molar-refractivity contribution is 0.0642. The molecule has 0 unspecified atom stereocenters. The van der Waals surface area contributed by atoms with Gasteiger partial charge in [-0.2, -0.15) is 0 Å². The van der Waals surface area contributed by atoms with Crippen LogP contribution in [0.1, 0.15) is 33.7 Å². The van der Waals surface area contributed by atoms with E-state index in [-0.39, 0.29) is 17.5 Å². The van der Waals surface area contributed by atoms with E-state index in [1.807, 2.05) is 24.3 Å². The van der Waals surface area contributed by atoms with Crippen LogP contribution in [0.4, 0.5) is 5.69 Å². The number of anilines is 1. The summed E-state index contributed by atoms with van der Waals surface area (Å²) in [5.41, 5.74) is 1.81. The quantitative estimate of drug-likeness (QED) is 0.698. The van der Waals surface area contributed by atoms with Gasteiger partial charge in [-0.05, 0) is 43.0 Å². The Morgan fingerprint density at radius 2 is 1.79 bits per heavy atom. The van der Waals surface area contributed by atoms with Crippen molar-refractivity contribution in [1.82, 2.24) is 15.3 Å². The third-order valence-electron chi connectivity index (χ3n) is 5.06. The summed E-state index contributed by atoms with van der Waals surface area (Å²) in [6, 6.07) is 12.5. The van der Waals surface area contributed by atoms with Crippen LogP contribution in [0.15, 0.2) is 54.9 Å². The van der Waals surface area contributed by atoms with Gasteiger partial charge in [0.25, 0.3) is 11.8 Å². The zero-order valence-electron chi connectivity index (χ0n) is 15.9. The number of carbonyl (C=O) groups excluding carboxylic acids is 2. The van der Waals surface area contributed by atoms with Crippen LogP contribution in [0.3, 0.4) is 0 Å². The average molecular weight is 390 g/mol. The van der Waals surface area contributed by atoms with Crippen molar-refractivity contribution in [2.45, 2.75) is 12.8 Å². The second-order valence-electron chi connectivity index (χ2n) is 7.00. The number of rotatable bonds is 5. The first-order valence-electron chi connectivity index (χ1n) is 9.68. The molecule has 2 amide bonds. The summed E-state index contributed by atoms with van der Waals surface area (Å²) in [5.74, 6) is -0.209. The summed E-state index contributed by atoms with van der Waals surface area (Å²) in [6.45, 7) is 2.03. The molecule has 7 heteroatoms. The lowest BCUT2D eigenvalue weighted by Crippen LogP contribution is -2.33. The number of ether oxygens (including phenoxy) is 1. The Morgan fingerprint density at radius 1 is 0.966 bits per heavy atom. The summed E-state index contributed by atoms with van der Waals surface area (Å²) < 4.78 is 5.35. The largest absolute Gasteiger partial charge is 0.381 e. The highest BCUT2D eigenvalue weighted by Crippen LogP contribution is 2.20. The van der Waals surface area contributed by atoms with Gasteiger partial charge in [0.1, 0.15) is 0 Å². The molecule has 0 atom stereocenters. The number of pyridine rings is 2. The molecule has 1 saturated heterocycles. The molecule has 3 aromatic rings. The molecular formula is C22H22N4O3. The highest BCUT2D eigenvalue weighted by atomic mass is 16.5. The van der Waals surface area contributed by atoms with Crippen molar-refractivity contribution in [3.8, 4) is 0 Å². The van der Waals surface area contributed by atoms with E-state index in [1.54, 1.807) is 30.6 Å². The summed E-state index contributed by atoms with van der Waals surface area (Å²) in [5, 5.41) is 6.51. The number of amides is 2. The molecule has 7 nitrogen and oxygen atoms in total. The number of fused-ring (bicyclic) bond motifs is 1. The maximum atomic E-state index is 12.9. The van der Waals surface area contributed by atoms with Crippen molar-refractivity contribution in [2.24, 2.45) is 5.92 Å². The zero-order chi connectivity index (χ0) is 20.1. The molecule has 3 heterocycles. The lowest BCUT2D eigenvalue weighted by Gasteiger charge is -2.22. The van der Waals surface area contributed by atoms with E-state index in [4.69, 9.17) is 4.74 Å². The number of carbonyl (C=O) groups is 2. The van der Waals surface area contributed by atoms with Crippen molar-refractivity contribution in [3.63, 3.8) is 0 Å². The molecule has 2 aromatic heterocycles. The van der Waals surface area contributed by atoms with Gasteiger partial charge in [0, 0.05) is 37.5 Å². The number of hydrogen-bond donors (Lipinski definition) is 2. The minimum Gasteiger partial charge on any atom is -0.381 e. The smallest absolute Gasteiger partial charge is 0.272 e. The van der Waals surface area contributed by atoms with E-state index < -0.39 is 0 Å². The first-order valence-corrected chi connectivity index (χ1v) is 9.68. The molecule has 0 aliphatic carbocycles. The molecule has 148 valence electrons. The van der Waals surface area contributed by atoms with Crippen molar-refractivity contribution in [2.75, 3.05) is 25.1 Å². The van der Waals surface area contributed by atoms with Gasteiger partial charge in [-0.3, -0.25) is 14.6 Å². The number of aromatic nitrogens is 2. The van der Waals surface area contributed by atoms with Crippen molar-refractivity contribution in [3.05, 3.63) is 66.1 Å². The van der Waals surface area contributed by atoms with Crippen molar-refractivity contribution in [1.29, 1.82) is 0 Å². The predicted molar refractivity (Wildman–Crippen MR) is 110 cm³/mol. The lowest BCUT2D eigenvalue weighted by atomic mass is 10.0. The molecule has 1 aliphatic heterocycles. The molecule has 4 rings (SSSR count). The fourth-order valence-corrected chi connectivity index (χ4v) is 3.44. The SMILES string of the molecule is O=C(NCC1CCOCC1)c1ncccc1NC(=O)c1ccnc2ccccc12. The van der Waals surface area contributed by atoms with Gasteiger partial charge >= 0.3 is 0 Å². The summed E-state index contributed by atoms with van der Waals surface area (Å²) in [6.07, 6.45) is 5.01. The first-order chi connectivity index (χ1) is 14.2. The molecule has 0 radical (unpaired) electrons. The topological polar surface area (TPSA) is 93.2 Å². The van der Waals surface area contributed by atoms with Gasteiger partial charge in [0.05, 0.1) is 16.8 Å². The molecule has 1 aromatic carbocycles. The Kier molecular flexibility index (Phi) is 5.76. The third kappa shape index (κ3) is 4.41. The number of hydrogen-bond acceptors (Lipinski definition) is 5. The third-order valence-corrected chi connectivity index (χ3v) is 5.06.